The van der Waals surface area contributed by atoms with E-state index in [0.29, 0.717) is 5.92 Å². The topological polar surface area (TPSA) is 8.81 Å². The number of para-hydroxylation sites is 1. The molecule has 0 bridgehead atoms. The Balaban J connectivity index is 1.79. The number of hydrogen-bond donors (Lipinski definition) is 0. The number of hydrogen-bond acceptors (Lipinski definition) is 0. The van der Waals surface area contributed by atoms with Crippen LogP contribution in [0.2, 0.25) is 0 Å². The molecule has 1 fully saturated rings. The Bertz CT molecular complexity index is 1050. The van der Waals surface area contributed by atoms with Gasteiger partial charge in [0.15, 0.2) is 16.9 Å². The largest absolute Gasteiger partial charge is 0.260 e. The van der Waals surface area contributed by atoms with Crippen molar-refractivity contribution in [3.8, 4) is 5.69 Å². The summed E-state index contributed by atoms with van der Waals surface area (Å²) in [6.45, 7) is 6.77. The number of imidazole rings is 1. The standard InChI is InChI=1S/C26H29N2/c1-19-11-7-10-16-24(19)27-20(2)25-17-18-26(28(25)21(27)3,23-14-8-9-15-23)22-12-5-4-6-13-22/h4-7,10-13,16-18,23H,8-9,14-15H2,1-3H3/q+1. The first-order valence-corrected chi connectivity index (χ1v) is 10.6. The zero-order valence-electron chi connectivity index (χ0n) is 17.2. The molecule has 1 aliphatic heterocycles. The van der Waals surface area contributed by atoms with Crippen molar-refractivity contribution in [3.63, 3.8) is 0 Å². The highest BCUT2D eigenvalue weighted by atomic mass is 15.2. The van der Waals surface area contributed by atoms with Crippen molar-refractivity contribution in [1.82, 2.24) is 4.57 Å². The lowest BCUT2D eigenvalue weighted by Gasteiger charge is -2.33. The summed E-state index contributed by atoms with van der Waals surface area (Å²) in [6, 6.07) is 19.9. The molecule has 2 nitrogen and oxygen atoms in total. The zero-order chi connectivity index (χ0) is 19.3. The van der Waals surface area contributed by atoms with Crippen LogP contribution < -0.4 is 4.57 Å². The van der Waals surface area contributed by atoms with Crippen LogP contribution in [0.1, 0.15) is 54.0 Å². The van der Waals surface area contributed by atoms with Gasteiger partial charge in [0.25, 0.3) is 5.82 Å². The van der Waals surface area contributed by atoms with Crippen LogP contribution in [0.4, 0.5) is 0 Å². The van der Waals surface area contributed by atoms with Crippen LogP contribution in [-0.2, 0) is 5.54 Å². The van der Waals surface area contributed by atoms with Crippen LogP contribution in [0.15, 0.2) is 60.7 Å². The van der Waals surface area contributed by atoms with E-state index in [4.69, 9.17) is 0 Å². The van der Waals surface area contributed by atoms with E-state index in [9.17, 15) is 0 Å². The van der Waals surface area contributed by atoms with Gasteiger partial charge in [-0.25, -0.2) is 4.57 Å². The molecule has 0 spiro atoms. The molecule has 1 atom stereocenters. The number of benzene rings is 2. The highest BCUT2D eigenvalue weighted by molar-refractivity contribution is 5.55. The highest BCUT2D eigenvalue weighted by Crippen LogP contribution is 2.45. The molecule has 2 aliphatic rings. The number of nitrogens with zero attached hydrogens (tertiary/aromatic N) is 2. The van der Waals surface area contributed by atoms with Gasteiger partial charge in [-0.1, -0.05) is 61.4 Å². The van der Waals surface area contributed by atoms with Gasteiger partial charge in [-0.2, -0.15) is 4.57 Å². The van der Waals surface area contributed by atoms with Crippen molar-refractivity contribution in [2.75, 3.05) is 0 Å². The third-order valence-electron chi connectivity index (χ3n) is 7.03. The average molecular weight is 370 g/mol. The summed E-state index contributed by atoms with van der Waals surface area (Å²) in [5, 5.41) is 0. The van der Waals surface area contributed by atoms with Gasteiger partial charge < -0.3 is 0 Å². The third-order valence-corrected chi connectivity index (χ3v) is 7.03. The zero-order valence-corrected chi connectivity index (χ0v) is 17.2. The Labute approximate surface area is 168 Å². The summed E-state index contributed by atoms with van der Waals surface area (Å²) in [6.07, 6.45) is 10.2. The van der Waals surface area contributed by atoms with Crippen molar-refractivity contribution in [2.24, 2.45) is 5.92 Å². The molecular formula is C26H29N2+. The van der Waals surface area contributed by atoms with E-state index >= 15 is 0 Å². The van der Waals surface area contributed by atoms with Crippen LogP contribution in [0.5, 0.6) is 0 Å². The molecule has 0 radical (unpaired) electrons. The fraction of sp³-hybridized carbons (Fsp3) is 0.346. The van der Waals surface area contributed by atoms with E-state index in [1.807, 2.05) is 0 Å². The Morgan fingerprint density at radius 1 is 0.893 bits per heavy atom. The minimum atomic E-state index is -0.0597. The molecule has 1 unspecified atom stereocenters. The number of allylic oxidation sites excluding steroid dienone is 1. The fourth-order valence-corrected chi connectivity index (χ4v) is 5.76. The summed E-state index contributed by atoms with van der Waals surface area (Å²) in [4.78, 5) is 0. The molecule has 2 heteroatoms. The number of aromatic nitrogens is 2. The molecule has 2 aromatic carbocycles. The van der Waals surface area contributed by atoms with Crippen molar-refractivity contribution in [2.45, 2.75) is 52.0 Å². The maximum atomic E-state index is 2.64. The monoisotopic (exact) mass is 369 g/mol. The predicted molar refractivity (Wildman–Crippen MR) is 115 cm³/mol. The van der Waals surface area contributed by atoms with Gasteiger partial charge in [0.05, 0.1) is 0 Å². The molecule has 2 heterocycles. The molecule has 1 saturated carbocycles. The second-order valence-corrected chi connectivity index (χ2v) is 8.48. The lowest BCUT2D eigenvalue weighted by Crippen LogP contribution is -2.60. The van der Waals surface area contributed by atoms with Gasteiger partial charge in [0.2, 0.25) is 0 Å². The Hall–Kier alpha value is -2.61. The van der Waals surface area contributed by atoms with Gasteiger partial charge in [-0.15, -0.1) is 0 Å². The van der Waals surface area contributed by atoms with Gasteiger partial charge in [-0.3, -0.25) is 0 Å². The van der Waals surface area contributed by atoms with E-state index in [0.717, 1.165) is 0 Å². The number of fused-ring (bicyclic) bond motifs is 1. The van der Waals surface area contributed by atoms with Crippen molar-refractivity contribution in [1.29, 1.82) is 0 Å². The third kappa shape index (κ3) is 2.30. The Morgan fingerprint density at radius 2 is 1.57 bits per heavy atom. The minimum absolute atomic E-state index is 0.0597. The van der Waals surface area contributed by atoms with Gasteiger partial charge >= 0.3 is 0 Å². The summed E-state index contributed by atoms with van der Waals surface area (Å²) < 4.78 is 5.10. The van der Waals surface area contributed by atoms with E-state index < -0.39 is 0 Å². The van der Waals surface area contributed by atoms with Gasteiger partial charge in [0, 0.05) is 25.3 Å². The molecule has 1 aromatic heterocycles. The maximum absolute atomic E-state index is 2.64. The second-order valence-electron chi connectivity index (χ2n) is 8.48. The summed E-state index contributed by atoms with van der Waals surface area (Å²) in [7, 11) is 0. The van der Waals surface area contributed by atoms with Crippen molar-refractivity contribution < 1.29 is 4.57 Å². The van der Waals surface area contributed by atoms with E-state index in [-0.39, 0.29) is 5.54 Å². The van der Waals surface area contributed by atoms with Crippen LogP contribution in [0.3, 0.4) is 0 Å². The maximum Gasteiger partial charge on any atom is 0.260 e. The van der Waals surface area contributed by atoms with Gasteiger partial charge in [0.1, 0.15) is 5.69 Å². The summed E-state index contributed by atoms with van der Waals surface area (Å²) >= 11 is 0. The van der Waals surface area contributed by atoms with E-state index in [1.54, 1.807) is 0 Å². The quantitative estimate of drug-likeness (QED) is 0.528. The normalized spacial score (nSPS) is 21.4. The number of rotatable bonds is 3. The number of aryl methyl sites for hydroxylation is 1. The SMILES string of the molecule is Cc1ccccc1-n1c(C)c2[n+](c1C)C(c1ccccc1)(C1CCCC1)C=C2. The first kappa shape index (κ1) is 17.5. The van der Waals surface area contributed by atoms with Crippen LogP contribution in [-0.4, -0.2) is 4.57 Å². The molecule has 142 valence electrons. The fourth-order valence-electron chi connectivity index (χ4n) is 5.76. The molecule has 5 rings (SSSR count). The lowest BCUT2D eigenvalue weighted by atomic mass is 9.77. The molecule has 0 saturated heterocycles. The molecule has 0 N–H and O–H groups in total. The van der Waals surface area contributed by atoms with E-state index in [2.05, 4.69) is 96.7 Å². The lowest BCUT2D eigenvalue weighted by molar-refractivity contribution is -0.751. The minimum Gasteiger partial charge on any atom is -0.214 e. The second kappa shape index (κ2) is 6.48. The summed E-state index contributed by atoms with van der Waals surface area (Å²) in [5.74, 6) is 1.98. The van der Waals surface area contributed by atoms with Crippen LogP contribution in [0.25, 0.3) is 11.8 Å². The van der Waals surface area contributed by atoms with Crippen molar-refractivity contribution in [3.05, 3.63) is 89.0 Å². The smallest absolute Gasteiger partial charge is 0.214 e. The molecule has 1 aliphatic carbocycles. The first-order chi connectivity index (χ1) is 13.6. The average Bonchev–Trinajstić information content (AvgIpc) is 3.43. The highest BCUT2D eigenvalue weighted by Gasteiger charge is 2.51. The van der Waals surface area contributed by atoms with Crippen LogP contribution in [0, 0.1) is 26.7 Å². The Kier molecular flexibility index (Phi) is 4.04. The molecule has 3 aromatic rings. The molecule has 28 heavy (non-hydrogen) atoms. The molecular weight excluding hydrogens is 340 g/mol. The first-order valence-electron chi connectivity index (χ1n) is 10.6. The Morgan fingerprint density at radius 3 is 2.29 bits per heavy atom. The molecule has 0 amide bonds. The summed E-state index contributed by atoms with van der Waals surface area (Å²) in [5.41, 5.74) is 6.66. The van der Waals surface area contributed by atoms with E-state index in [1.165, 1.54) is 59.7 Å². The van der Waals surface area contributed by atoms with Crippen LogP contribution >= 0.6 is 0 Å². The predicted octanol–water partition coefficient (Wildman–Crippen LogP) is 5.65. The van der Waals surface area contributed by atoms with Crippen molar-refractivity contribution >= 4 is 6.08 Å². The van der Waals surface area contributed by atoms with Gasteiger partial charge in [-0.05, 0) is 43.5 Å².